The first-order valence-corrected chi connectivity index (χ1v) is 30.0. The van der Waals surface area contributed by atoms with Crippen LogP contribution >= 0.6 is 11.3 Å². The number of carbonyl (C=O) groups is 10. The van der Waals surface area contributed by atoms with Crippen LogP contribution in [0.3, 0.4) is 0 Å². The van der Waals surface area contributed by atoms with Crippen molar-refractivity contribution in [2.45, 2.75) is 177 Å². The van der Waals surface area contributed by atoms with Gasteiger partial charge in [0.05, 0.1) is 24.4 Å². The molecule has 7 atom stereocenters. The van der Waals surface area contributed by atoms with Crippen LogP contribution in [0.5, 0.6) is 5.75 Å². The number of aromatic hydroxyl groups is 1. The Hall–Kier alpha value is -6.63. The summed E-state index contributed by atoms with van der Waals surface area (Å²) >= 11 is 1.20. The Balaban J connectivity index is 1.58. The van der Waals surface area contributed by atoms with Gasteiger partial charge in [-0.05, 0) is 89.1 Å². The number of Topliss-reactive ketones (excluding diaryl/α,β-unsaturated/α-hetero) is 1. The Morgan fingerprint density at radius 2 is 1.48 bits per heavy atom. The molecule has 0 saturated carbocycles. The van der Waals surface area contributed by atoms with E-state index in [4.69, 9.17) is 9.47 Å². The molecule has 23 nitrogen and oxygen atoms in total. The number of imide groups is 1. The van der Waals surface area contributed by atoms with Gasteiger partial charge in [-0.1, -0.05) is 74.8 Å². The summed E-state index contributed by atoms with van der Waals surface area (Å²) in [6.45, 7) is 23.0. The third kappa shape index (κ3) is 23.0. The highest BCUT2D eigenvalue weighted by molar-refractivity contribution is 7.09. The summed E-state index contributed by atoms with van der Waals surface area (Å²) in [5.74, 6) is -5.84. The van der Waals surface area contributed by atoms with Crippen molar-refractivity contribution in [2.24, 2.45) is 28.6 Å². The summed E-state index contributed by atoms with van der Waals surface area (Å²) in [5, 5.41) is 36.5. The Labute approximate surface area is 505 Å². The average Bonchev–Trinajstić information content (AvgIpc) is 4.26. The summed E-state index contributed by atoms with van der Waals surface area (Å²) in [6, 6.07) is 1.43. The maximum Gasteiger partial charge on any atom is 0.303 e. The van der Waals surface area contributed by atoms with Crippen LogP contribution in [-0.4, -0.2) is 173 Å². The molecule has 0 spiro atoms. The van der Waals surface area contributed by atoms with Crippen LogP contribution in [0.25, 0.3) is 0 Å². The van der Waals surface area contributed by atoms with Gasteiger partial charge in [0.2, 0.25) is 29.5 Å². The quantitative estimate of drug-likeness (QED) is 0.0310. The van der Waals surface area contributed by atoms with Crippen LogP contribution in [0.4, 0.5) is 5.69 Å². The first-order chi connectivity index (χ1) is 39.5. The van der Waals surface area contributed by atoms with Gasteiger partial charge in [-0.2, -0.15) is 0 Å². The number of phenols is 1. The number of nitrogens with zero attached hydrogens (tertiary/aromatic N) is 4. The topological polar surface area (TPSA) is 312 Å². The van der Waals surface area contributed by atoms with E-state index >= 15 is 0 Å². The van der Waals surface area contributed by atoms with E-state index in [9.17, 15) is 58.2 Å². The van der Waals surface area contributed by atoms with Crippen LogP contribution in [0.1, 0.15) is 162 Å². The zero-order chi connectivity index (χ0) is 64.3. The second kappa shape index (κ2) is 32.8. The Bertz CT molecular complexity index is 2690. The van der Waals surface area contributed by atoms with Crippen LogP contribution in [0.15, 0.2) is 35.7 Å². The predicted octanol–water partition coefficient (Wildman–Crippen LogP) is 5.81. The van der Waals surface area contributed by atoms with Crippen molar-refractivity contribution in [3.8, 4) is 5.75 Å². The molecule has 0 bridgehead atoms. The molecular weight excluding hydrogens is 1110 g/mol. The smallest absolute Gasteiger partial charge is 0.303 e. The van der Waals surface area contributed by atoms with Crippen molar-refractivity contribution in [3.05, 3.63) is 52.0 Å². The molecule has 3 rings (SSSR count). The Morgan fingerprint density at radius 3 is 2.07 bits per heavy atom. The van der Waals surface area contributed by atoms with Gasteiger partial charge in [-0.15, -0.1) is 11.3 Å². The fraction of sp³-hybridized carbons (Fsp3) is 0.656. The number of likely N-dealkylation sites (N-methyl/N-ethyl adjacent to an activating group) is 2. The number of anilines is 1. The molecule has 0 fully saturated rings. The van der Waals surface area contributed by atoms with Gasteiger partial charge < -0.3 is 51.2 Å². The monoisotopic (exact) mass is 1210 g/mol. The number of benzene rings is 1. The summed E-state index contributed by atoms with van der Waals surface area (Å²) in [6.07, 6.45) is 3.07. The maximum absolute atomic E-state index is 14.2. The number of carbonyl (C=O) groups excluding carboxylic acids is 9. The number of carboxylic acids is 1. The number of nitrogens with one attached hydrogen (secondary N) is 5. The lowest BCUT2D eigenvalue weighted by atomic mass is 9.85. The van der Waals surface area contributed by atoms with E-state index in [2.05, 4.69) is 31.6 Å². The molecule has 85 heavy (non-hydrogen) atoms. The first-order valence-electron chi connectivity index (χ1n) is 29.1. The number of amides is 8. The first kappa shape index (κ1) is 72.6. The number of aliphatic carboxylic acids is 1. The largest absolute Gasteiger partial charge is 0.506 e. The molecule has 0 saturated heterocycles. The standard InChI is InChI=1S/C61H95N9O14S/c1-17-37(4)52(67-58(82)61(11,12)68(13)14)57(81)69(15)45(36(2)3)30-47(83-16)56-66-44(32-85-56)55(80)64-41(21-25-51(76)77)28-40-20-22-46(72)43(29-40)65-54(79)39(6)63-53(78)38(5)27-42(71)31-59(7,8)34-84-35-60(9,10)33-62-48(73)19-18-26-70-49(74)23-24-50(70)75/h20,22-24,29,32,36-39,41,45,47,52,72H,17-19,21,25-28,30-31,33-35H2,1-16H3,(H,62,73)(H,63,78)(H,64,80)(H,65,79)(H,67,82)(H,76,77)/t37-,38+,39-,41+,45+,47+,52-/m0/s1. The fourth-order valence-corrected chi connectivity index (χ4v) is 10.2. The number of ether oxygens (including phenoxy) is 2. The molecule has 0 unspecified atom stereocenters. The zero-order valence-electron chi connectivity index (χ0n) is 52.8. The highest BCUT2D eigenvalue weighted by Crippen LogP contribution is 2.32. The number of methoxy groups -OCH3 is 1. The SMILES string of the molecule is CC[C@H](C)[C@H](NC(=O)C(C)(C)N(C)C)C(=O)N(C)[C@H](C[C@@H](OC)c1nc(C(=O)N[C@H](CCC(=O)O)Cc2ccc(O)c(NC(=O)[C@H](C)NC(=O)[C@H](C)CC(=O)CC(C)(C)COCC(C)(C)CNC(=O)CCCN3C(=O)C=CC3=O)c2)cs1)C(C)C. The Kier molecular flexibility index (Phi) is 28.0. The summed E-state index contributed by atoms with van der Waals surface area (Å²) in [4.78, 5) is 138. The molecule has 0 aliphatic carbocycles. The molecule has 2 heterocycles. The van der Waals surface area contributed by atoms with E-state index in [0.717, 1.165) is 4.90 Å². The van der Waals surface area contributed by atoms with Crippen molar-refractivity contribution in [2.75, 3.05) is 59.9 Å². The van der Waals surface area contributed by atoms with Gasteiger partial charge >= 0.3 is 5.97 Å². The lowest BCUT2D eigenvalue weighted by Crippen LogP contribution is -2.60. The molecule has 474 valence electrons. The van der Waals surface area contributed by atoms with Crippen molar-refractivity contribution in [1.29, 1.82) is 0 Å². The van der Waals surface area contributed by atoms with Crippen molar-refractivity contribution in [1.82, 2.24) is 41.0 Å². The predicted molar refractivity (Wildman–Crippen MR) is 323 cm³/mol. The fourth-order valence-electron chi connectivity index (χ4n) is 9.28. The van der Waals surface area contributed by atoms with Crippen molar-refractivity contribution >= 4 is 76.0 Å². The minimum Gasteiger partial charge on any atom is -0.506 e. The molecule has 0 radical (unpaired) electrons. The molecule has 24 heteroatoms. The van der Waals surface area contributed by atoms with Gasteiger partial charge in [-0.3, -0.25) is 57.7 Å². The van der Waals surface area contributed by atoms with E-state index in [1.807, 2.05) is 55.4 Å². The van der Waals surface area contributed by atoms with Crippen LogP contribution in [0, 0.1) is 28.6 Å². The number of ketones is 1. The lowest BCUT2D eigenvalue weighted by Gasteiger charge is -2.38. The second-order valence-electron chi connectivity index (χ2n) is 25.1. The number of thiazole rings is 1. The van der Waals surface area contributed by atoms with E-state index < -0.39 is 82.0 Å². The molecule has 1 aromatic heterocycles. The molecule has 2 aromatic rings. The Morgan fingerprint density at radius 1 is 0.847 bits per heavy atom. The van der Waals surface area contributed by atoms with E-state index in [-0.39, 0.29) is 117 Å². The number of carboxylic acid groups (broad SMARTS) is 1. The van der Waals surface area contributed by atoms with E-state index in [0.29, 0.717) is 36.4 Å². The normalized spacial score (nSPS) is 15.4. The van der Waals surface area contributed by atoms with E-state index in [1.54, 1.807) is 63.2 Å². The summed E-state index contributed by atoms with van der Waals surface area (Å²) in [7, 11) is 6.85. The van der Waals surface area contributed by atoms with Gasteiger partial charge in [0.25, 0.3) is 17.7 Å². The number of aromatic nitrogens is 1. The van der Waals surface area contributed by atoms with Crippen LogP contribution in [0.2, 0.25) is 0 Å². The molecular formula is C61H95N9O14S. The third-order valence-corrected chi connectivity index (χ3v) is 16.4. The lowest BCUT2D eigenvalue weighted by molar-refractivity contribution is -0.142. The molecule has 1 aliphatic rings. The van der Waals surface area contributed by atoms with Gasteiger partial charge in [0.15, 0.2) is 0 Å². The average molecular weight is 1210 g/mol. The van der Waals surface area contributed by atoms with Gasteiger partial charge in [0, 0.05) is 100 Å². The van der Waals surface area contributed by atoms with Crippen LogP contribution in [-0.2, 0) is 59.0 Å². The highest BCUT2D eigenvalue weighted by Gasteiger charge is 2.39. The summed E-state index contributed by atoms with van der Waals surface area (Å²) < 4.78 is 11.9. The number of hydrogen-bond donors (Lipinski definition) is 7. The maximum atomic E-state index is 14.2. The minimum absolute atomic E-state index is 0.00340. The zero-order valence-corrected chi connectivity index (χ0v) is 53.6. The summed E-state index contributed by atoms with van der Waals surface area (Å²) in [5.41, 5.74) is -1.31. The van der Waals surface area contributed by atoms with E-state index in [1.165, 1.54) is 49.7 Å². The molecule has 1 aromatic carbocycles. The molecule has 8 amide bonds. The van der Waals surface area contributed by atoms with Gasteiger partial charge in [-0.25, -0.2) is 4.98 Å². The molecule has 7 N–H and O–H groups in total. The highest BCUT2D eigenvalue weighted by atomic mass is 32.1. The van der Waals surface area contributed by atoms with Gasteiger partial charge in [0.1, 0.15) is 40.4 Å². The molecule has 1 aliphatic heterocycles. The van der Waals surface area contributed by atoms with Crippen molar-refractivity contribution < 1.29 is 67.6 Å². The third-order valence-electron chi connectivity index (χ3n) is 15.5. The van der Waals surface area contributed by atoms with Crippen LogP contribution < -0.4 is 26.6 Å². The number of phenolic OH excluding ortho intramolecular Hbond substituents is 1. The number of rotatable bonds is 37. The van der Waals surface area contributed by atoms with Crippen molar-refractivity contribution in [3.63, 3.8) is 0 Å². The number of hydrogen-bond acceptors (Lipinski definition) is 16. The minimum atomic E-state index is -1.10. The second-order valence-corrected chi connectivity index (χ2v) is 26.0.